The second-order valence-corrected chi connectivity index (χ2v) is 8.18. The number of benzene rings is 4. The van der Waals surface area contributed by atoms with Crippen molar-refractivity contribution in [2.75, 3.05) is 0 Å². The first-order valence-corrected chi connectivity index (χ1v) is 10.3. The lowest BCUT2D eigenvalue weighted by Crippen LogP contribution is -2.13. The zero-order valence-electron chi connectivity index (χ0n) is 15.0. The smallest absolute Gasteiger partial charge is 0.0922 e. The zero-order chi connectivity index (χ0) is 18.3. The van der Waals surface area contributed by atoms with Crippen molar-refractivity contribution in [2.24, 2.45) is 0 Å². The molecule has 4 aromatic carbocycles. The van der Waals surface area contributed by atoms with Crippen molar-refractivity contribution in [3.8, 4) is 11.1 Å². The topological polar surface area (TPSA) is 9.23 Å². The molecule has 132 valence electrons. The van der Waals surface area contributed by atoms with Gasteiger partial charge in [0.05, 0.1) is 14.8 Å². The molecule has 0 saturated heterocycles. The van der Waals surface area contributed by atoms with Crippen LogP contribution in [0.1, 0.15) is 5.56 Å². The van der Waals surface area contributed by atoms with E-state index in [1.165, 1.54) is 27.3 Å². The standard InChI is InChI=1S/C25H21OP/c1-4-10-22(11-5-1)23-18-16-21(17-19-23)20-26-27(24-12-6-2-7-13-24)25-14-8-3-9-15-25/h1-19H,20H2. The Balaban J connectivity index is 1.51. The molecule has 0 fully saturated rings. The highest BCUT2D eigenvalue weighted by molar-refractivity contribution is 7.68. The average molecular weight is 368 g/mol. The van der Waals surface area contributed by atoms with Crippen LogP contribution in [0, 0.1) is 0 Å². The van der Waals surface area contributed by atoms with E-state index in [1.807, 2.05) is 18.2 Å². The first-order chi connectivity index (χ1) is 13.4. The highest BCUT2D eigenvalue weighted by atomic mass is 31.1. The van der Waals surface area contributed by atoms with Crippen LogP contribution >= 0.6 is 8.15 Å². The fourth-order valence-corrected chi connectivity index (χ4v) is 4.75. The maximum atomic E-state index is 6.41. The van der Waals surface area contributed by atoms with Gasteiger partial charge in [-0.2, -0.15) is 0 Å². The van der Waals surface area contributed by atoms with Crippen molar-refractivity contribution in [1.29, 1.82) is 0 Å². The summed E-state index contributed by atoms with van der Waals surface area (Å²) in [5.41, 5.74) is 3.66. The molecule has 27 heavy (non-hydrogen) atoms. The lowest BCUT2D eigenvalue weighted by atomic mass is 10.0. The first-order valence-electron chi connectivity index (χ1n) is 9.08. The minimum Gasteiger partial charge on any atom is -0.345 e. The molecule has 0 aromatic heterocycles. The van der Waals surface area contributed by atoms with E-state index in [1.54, 1.807) is 0 Å². The van der Waals surface area contributed by atoms with E-state index in [0.29, 0.717) is 6.61 Å². The Morgan fingerprint density at radius 3 is 1.44 bits per heavy atom. The molecular formula is C25H21OP. The van der Waals surface area contributed by atoms with Gasteiger partial charge in [0.2, 0.25) is 0 Å². The van der Waals surface area contributed by atoms with Gasteiger partial charge in [-0.15, -0.1) is 0 Å². The largest absolute Gasteiger partial charge is 0.345 e. The summed E-state index contributed by atoms with van der Waals surface area (Å²) >= 11 is 0. The molecule has 0 heterocycles. The molecule has 0 unspecified atom stereocenters. The van der Waals surface area contributed by atoms with Crippen LogP contribution in [0.3, 0.4) is 0 Å². The van der Waals surface area contributed by atoms with Crippen LogP contribution in [0.25, 0.3) is 11.1 Å². The lowest BCUT2D eigenvalue weighted by Gasteiger charge is -2.18. The maximum Gasteiger partial charge on any atom is 0.0922 e. The summed E-state index contributed by atoms with van der Waals surface area (Å²) in [6.07, 6.45) is 0. The highest BCUT2D eigenvalue weighted by Gasteiger charge is 2.14. The third kappa shape index (κ3) is 4.52. The molecule has 0 aliphatic rings. The summed E-state index contributed by atoms with van der Waals surface area (Å²) < 4.78 is 6.41. The average Bonchev–Trinajstić information content (AvgIpc) is 2.76. The molecule has 0 N–H and O–H groups in total. The third-order valence-electron chi connectivity index (χ3n) is 4.40. The maximum absolute atomic E-state index is 6.41. The lowest BCUT2D eigenvalue weighted by molar-refractivity contribution is 0.350. The molecule has 0 amide bonds. The fraction of sp³-hybridized carbons (Fsp3) is 0.0400. The minimum atomic E-state index is -0.826. The van der Waals surface area contributed by atoms with Gasteiger partial charge in [0.1, 0.15) is 0 Å². The number of hydrogen-bond donors (Lipinski definition) is 0. The predicted molar refractivity (Wildman–Crippen MR) is 116 cm³/mol. The zero-order valence-corrected chi connectivity index (χ0v) is 15.9. The molecule has 0 saturated carbocycles. The van der Waals surface area contributed by atoms with Gasteiger partial charge in [0.25, 0.3) is 0 Å². The summed E-state index contributed by atoms with van der Waals surface area (Å²) in [5.74, 6) is 0. The van der Waals surface area contributed by atoms with Crippen molar-refractivity contribution in [2.45, 2.75) is 6.61 Å². The van der Waals surface area contributed by atoms with Gasteiger partial charge in [0, 0.05) is 10.6 Å². The summed E-state index contributed by atoms with van der Waals surface area (Å²) in [7, 11) is -0.826. The Morgan fingerprint density at radius 2 is 0.926 bits per heavy atom. The third-order valence-corrected chi connectivity index (χ3v) is 6.32. The fourth-order valence-electron chi connectivity index (χ4n) is 2.99. The van der Waals surface area contributed by atoms with Crippen molar-refractivity contribution in [3.05, 3.63) is 121 Å². The summed E-state index contributed by atoms with van der Waals surface area (Å²) in [6, 6.07) is 40.1. The Hall–Kier alpha value is -2.73. The SMILES string of the molecule is c1ccc(-c2ccc(COP(c3ccccc3)c3ccccc3)cc2)cc1. The second kappa shape index (κ2) is 8.77. The first kappa shape index (κ1) is 17.7. The van der Waals surface area contributed by atoms with E-state index in [9.17, 15) is 0 Å². The van der Waals surface area contributed by atoms with Gasteiger partial charge in [-0.1, -0.05) is 115 Å². The van der Waals surface area contributed by atoms with Crippen LogP contribution in [0.15, 0.2) is 115 Å². The van der Waals surface area contributed by atoms with Gasteiger partial charge < -0.3 is 4.52 Å². The Kier molecular flexibility index (Phi) is 5.74. The molecule has 0 aliphatic carbocycles. The summed E-state index contributed by atoms with van der Waals surface area (Å²) in [5, 5.41) is 2.47. The van der Waals surface area contributed by atoms with E-state index in [0.717, 1.165) is 0 Å². The molecule has 0 aliphatic heterocycles. The molecule has 0 spiro atoms. The van der Waals surface area contributed by atoms with E-state index < -0.39 is 8.15 Å². The van der Waals surface area contributed by atoms with E-state index >= 15 is 0 Å². The number of hydrogen-bond acceptors (Lipinski definition) is 1. The van der Waals surface area contributed by atoms with Crippen molar-refractivity contribution >= 4 is 18.8 Å². The molecule has 0 bridgehead atoms. The number of rotatable bonds is 6. The summed E-state index contributed by atoms with van der Waals surface area (Å²) in [4.78, 5) is 0. The van der Waals surface area contributed by atoms with Crippen LogP contribution in [-0.4, -0.2) is 0 Å². The van der Waals surface area contributed by atoms with E-state index in [-0.39, 0.29) is 0 Å². The summed E-state index contributed by atoms with van der Waals surface area (Å²) in [6.45, 7) is 0.602. The molecule has 4 rings (SSSR count). The van der Waals surface area contributed by atoms with Crippen molar-refractivity contribution < 1.29 is 4.52 Å². The quantitative estimate of drug-likeness (QED) is 0.384. The molecule has 2 heteroatoms. The van der Waals surface area contributed by atoms with Crippen LogP contribution < -0.4 is 10.6 Å². The van der Waals surface area contributed by atoms with Crippen LogP contribution in [-0.2, 0) is 11.1 Å². The Bertz CT molecular complexity index is 912. The van der Waals surface area contributed by atoms with Crippen molar-refractivity contribution in [1.82, 2.24) is 0 Å². The minimum absolute atomic E-state index is 0.602. The van der Waals surface area contributed by atoms with Crippen molar-refractivity contribution in [3.63, 3.8) is 0 Å². The Labute approximate surface area is 162 Å². The molecule has 0 radical (unpaired) electrons. The van der Waals surface area contributed by atoms with Gasteiger partial charge in [-0.05, 0) is 16.7 Å². The second-order valence-electron chi connectivity index (χ2n) is 6.30. The van der Waals surface area contributed by atoms with Crippen LogP contribution in [0.5, 0.6) is 0 Å². The van der Waals surface area contributed by atoms with Gasteiger partial charge in [0.15, 0.2) is 0 Å². The highest BCUT2D eigenvalue weighted by Crippen LogP contribution is 2.36. The molecular weight excluding hydrogens is 347 g/mol. The van der Waals surface area contributed by atoms with Gasteiger partial charge in [-0.25, -0.2) is 0 Å². The normalized spacial score (nSPS) is 10.9. The van der Waals surface area contributed by atoms with Crippen LogP contribution in [0.2, 0.25) is 0 Å². The van der Waals surface area contributed by atoms with Gasteiger partial charge >= 0.3 is 0 Å². The monoisotopic (exact) mass is 368 g/mol. The van der Waals surface area contributed by atoms with Gasteiger partial charge in [-0.3, -0.25) is 0 Å². The van der Waals surface area contributed by atoms with E-state index in [4.69, 9.17) is 4.52 Å². The molecule has 4 aromatic rings. The van der Waals surface area contributed by atoms with Crippen LogP contribution in [0.4, 0.5) is 0 Å². The molecule has 0 atom stereocenters. The molecule has 1 nitrogen and oxygen atoms in total. The predicted octanol–water partition coefficient (Wildman–Crippen LogP) is 5.92. The Morgan fingerprint density at radius 1 is 0.481 bits per heavy atom. The van der Waals surface area contributed by atoms with E-state index in [2.05, 4.69) is 97.1 Å².